The van der Waals surface area contributed by atoms with Gasteiger partial charge in [0.2, 0.25) is 0 Å². The standard InChI is InChI=1S/C13H7Cl4NO3/c14-6-7-3-8(15)1-2-12(7)21-13-10(16)4-9(18(19)20)5-11(13)17/h1-5H,6H2. The minimum Gasteiger partial charge on any atom is -0.454 e. The number of rotatable bonds is 4. The topological polar surface area (TPSA) is 52.4 Å². The summed E-state index contributed by atoms with van der Waals surface area (Å²) in [7, 11) is 0. The lowest BCUT2D eigenvalue weighted by molar-refractivity contribution is -0.384. The van der Waals surface area contributed by atoms with Gasteiger partial charge in [0.15, 0.2) is 5.75 Å². The minimum absolute atomic E-state index is 0.0321. The van der Waals surface area contributed by atoms with E-state index in [1.54, 1.807) is 18.2 Å². The Kier molecular flexibility index (Phi) is 5.17. The van der Waals surface area contributed by atoms with Crippen LogP contribution in [0.25, 0.3) is 0 Å². The van der Waals surface area contributed by atoms with E-state index in [1.165, 1.54) is 12.1 Å². The van der Waals surface area contributed by atoms with Gasteiger partial charge in [-0.2, -0.15) is 0 Å². The third-order valence-corrected chi connectivity index (χ3v) is 3.66. The number of alkyl halides is 1. The van der Waals surface area contributed by atoms with Crippen molar-refractivity contribution >= 4 is 52.1 Å². The lowest BCUT2D eigenvalue weighted by Gasteiger charge is -2.12. The normalized spacial score (nSPS) is 10.5. The quantitative estimate of drug-likeness (QED) is 0.374. The van der Waals surface area contributed by atoms with Gasteiger partial charge >= 0.3 is 0 Å². The van der Waals surface area contributed by atoms with E-state index >= 15 is 0 Å². The second-order valence-electron chi connectivity index (χ2n) is 3.98. The summed E-state index contributed by atoms with van der Waals surface area (Å²) in [6.07, 6.45) is 0. The highest BCUT2D eigenvalue weighted by Crippen LogP contribution is 2.40. The minimum atomic E-state index is -0.589. The summed E-state index contributed by atoms with van der Waals surface area (Å²) < 4.78 is 5.62. The van der Waals surface area contributed by atoms with Crippen molar-refractivity contribution in [2.45, 2.75) is 5.88 Å². The van der Waals surface area contributed by atoms with Crippen LogP contribution in [0, 0.1) is 10.1 Å². The molecule has 2 aromatic carbocycles. The van der Waals surface area contributed by atoms with Gasteiger partial charge in [-0.05, 0) is 18.2 Å². The van der Waals surface area contributed by atoms with E-state index in [1.807, 2.05) is 0 Å². The average Bonchev–Trinajstić information content (AvgIpc) is 2.43. The lowest BCUT2D eigenvalue weighted by atomic mass is 10.2. The van der Waals surface area contributed by atoms with E-state index in [2.05, 4.69) is 0 Å². The molecule has 0 fully saturated rings. The summed E-state index contributed by atoms with van der Waals surface area (Å²) in [5.74, 6) is 0.725. The molecule has 0 radical (unpaired) electrons. The molecule has 4 nitrogen and oxygen atoms in total. The van der Waals surface area contributed by atoms with Crippen LogP contribution < -0.4 is 4.74 Å². The largest absolute Gasteiger partial charge is 0.454 e. The molecule has 0 aliphatic heterocycles. The number of hydrogen-bond acceptors (Lipinski definition) is 3. The number of halogens is 4. The molecule has 21 heavy (non-hydrogen) atoms. The molecule has 0 heterocycles. The monoisotopic (exact) mass is 365 g/mol. The van der Waals surface area contributed by atoms with Gasteiger partial charge in [-0.1, -0.05) is 34.8 Å². The van der Waals surface area contributed by atoms with Crippen molar-refractivity contribution in [2.24, 2.45) is 0 Å². The molecular weight excluding hydrogens is 360 g/mol. The van der Waals surface area contributed by atoms with Crippen molar-refractivity contribution in [1.82, 2.24) is 0 Å². The first-order valence-electron chi connectivity index (χ1n) is 5.58. The van der Waals surface area contributed by atoms with Crippen molar-refractivity contribution in [3.8, 4) is 11.5 Å². The van der Waals surface area contributed by atoms with Gasteiger partial charge in [-0.3, -0.25) is 10.1 Å². The molecule has 110 valence electrons. The highest BCUT2D eigenvalue weighted by atomic mass is 35.5. The maximum atomic E-state index is 10.7. The molecule has 0 aliphatic rings. The van der Waals surface area contributed by atoms with Crippen LogP contribution in [0.15, 0.2) is 30.3 Å². The zero-order valence-corrected chi connectivity index (χ0v) is 13.3. The molecule has 0 spiro atoms. The first kappa shape index (κ1) is 16.2. The van der Waals surface area contributed by atoms with Crippen LogP contribution in [0.3, 0.4) is 0 Å². The summed E-state index contributed by atoms with van der Waals surface area (Å²) in [5.41, 5.74) is 0.431. The third-order valence-electron chi connectivity index (χ3n) is 2.57. The highest BCUT2D eigenvalue weighted by molar-refractivity contribution is 6.37. The van der Waals surface area contributed by atoms with E-state index < -0.39 is 4.92 Å². The Morgan fingerprint density at radius 3 is 2.24 bits per heavy atom. The smallest absolute Gasteiger partial charge is 0.272 e. The molecule has 0 atom stereocenters. The van der Waals surface area contributed by atoms with Crippen LogP contribution in [0.4, 0.5) is 5.69 Å². The fourth-order valence-electron chi connectivity index (χ4n) is 1.61. The number of nitro benzene ring substituents is 1. The summed E-state index contributed by atoms with van der Waals surface area (Å²) >= 11 is 23.7. The number of nitro groups is 1. The summed E-state index contributed by atoms with van der Waals surface area (Å²) in [6, 6.07) is 7.23. The highest BCUT2D eigenvalue weighted by Gasteiger charge is 2.17. The number of ether oxygens (including phenoxy) is 1. The van der Waals surface area contributed by atoms with Crippen molar-refractivity contribution in [3.05, 3.63) is 61.1 Å². The Hall–Kier alpha value is -1.20. The predicted molar refractivity (Wildman–Crippen MR) is 84.2 cm³/mol. The zero-order chi connectivity index (χ0) is 15.6. The Labute approximate surface area is 140 Å². The third kappa shape index (κ3) is 3.71. The van der Waals surface area contributed by atoms with Gasteiger partial charge in [0, 0.05) is 22.7 Å². The molecule has 8 heteroatoms. The van der Waals surface area contributed by atoms with Gasteiger partial charge in [-0.25, -0.2) is 0 Å². The number of hydrogen-bond donors (Lipinski definition) is 0. The first-order chi connectivity index (χ1) is 9.92. The Bertz CT molecular complexity index is 683. The molecule has 0 saturated carbocycles. The van der Waals surface area contributed by atoms with Gasteiger partial charge in [-0.15, -0.1) is 11.6 Å². The molecule has 2 rings (SSSR count). The van der Waals surface area contributed by atoms with Crippen LogP contribution in [0.1, 0.15) is 5.56 Å². The second kappa shape index (κ2) is 6.71. The zero-order valence-electron chi connectivity index (χ0n) is 10.3. The van der Waals surface area contributed by atoms with Gasteiger partial charge in [0.05, 0.1) is 20.8 Å². The number of nitrogens with zero attached hydrogens (tertiary/aromatic N) is 1. The van der Waals surface area contributed by atoms with Crippen LogP contribution in [-0.2, 0) is 5.88 Å². The van der Waals surface area contributed by atoms with Crippen molar-refractivity contribution in [1.29, 1.82) is 0 Å². The molecule has 0 amide bonds. The molecule has 2 aromatic rings. The molecule has 0 unspecified atom stereocenters. The van der Waals surface area contributed by atoms with E-state index in [-0.39, 0.29) is 27.4 Å². The fourth-order valence-corrected chi connectivity index (χ4v) is 2.57. The molecule has 0 aliphatic carbocycles. The van der Waals surface area contributed by atoms with Crippen LogP contribution in [-0.4, -0.2) is 4.92 Å². The molecule has 0 aromatic heterocycles. The van der Waals surface area contributed by atoms with E-state index in [9.17, 15) is 10.1 Å². The van der Waals surface area contributed by atoms with Gasteiger partial charge < -0.3 is 4.74 Å². The first-order valence-corrected chi connectivity index (χ1v) is 7.25. The van der Waals surface area contributed by atoms with Crippen LogP contribution >= 0.6 is 46.4 Å². The Morgan fingerprint density at radius 2 is 1.71 bits per heavy atom. The van der Waals surface area contributed by atoms with E-state index in [0.717, 1.165) is 0 Å². The average molecular weight is 367 g/mol. The Morgan fingerprint density at radius 1 is 1.10 bits per heavy atom. The van der Waals surface area contributed by atoms with Gasteiger partial charge in [0.25, 0.3) is 5.69 Å². The maximum Gasteiger partial charge on any atom is 0.272 e. The molecule has 0 N–H and O–H groups in total. The summed E-state index contributed by atoms with van der Waals surface area (Å²) in [4.78, 5) is 10.1. The Balaban J connectivity index is 2.43. The van der Waals surface area contributed by atoms with Gasteiger partial charge in [0.1, 0.15) is 5.75 Å². The second-order valence-corrected chi connectivity index (χ2v) is 5.50. The summed E-state index contributed by atoms with van der Waals surface area (Å²) in [6.45, 7) is 0. The van der Waals surface area contributed by atoms with E-state index in [0.29, 0.717) is 16.3 Å². The van der Waals surface area contributed by atoms with Crippen LogP contribution in [0.2, 0.25) is 15.1 Å². The predicted octanol–water partition coefficient (Wildman–Crippen LogP) is 6.09. The molecule has 0 bridgehead atoms. The van der Waals surface area contributed by atoms with Crippen molar-refractivity contribution in [2.75, 3.05) is 0 Å². The fraction of sp³-hybridized carbons (Fsp3) is 0.0769. The molecular formula is C13H7Cl4NO3. The van der Waals surface area contributed by atoms with Crippen molar-refractivity contribution in [3.63, 3.8) is 0 Å². The molecule has 0 saturated heterocycles. The SMILES string of the molecule is O=[N+]([O-])c1cc(Cl)c(Oc2ccc(Cl)cc2CCl)c(Cl)c1. The van der Waals surface area contributed by atoms with Crippen LogP contribution in [0.5, 0.6) is 11.5 Å². The number of benzene rings is 2. The van der Waals surface area contributed by atoms with Crippen molar-refractivity contribution < 1.29 is 9.66 Å². The number of non-ortho nitro benzene ring substituents is 1. The summed E-state index contributed by atoms with van der Waals surface area (Å²) in [5, 5.41) is 11.3. The van der Waals surface area contributed by atoms with E-state index in [4.69, 9.17) is 51.1 Å². The lowest BCUT2D eigenvalue weighted by Crippen LogP contribution is -1.93. The maximum absolute atomic E-state index is 10.7.